The van der Waals surface area contributed by atoms with E-state index in [0.717, 1.165) is 0 Å². The van der Waals surface area contributed by atoms with Crippen LogP contribution in [0.5, 0.6) is 0 Å². The molecule has 0 aliphatic rings. The maximum absolute atomic E-state index is 11.9. The molecule has 0 radical (unpaired) electrons. The molecule has 0 fully saturated rings. The zero-order valence-corrected chi connectivity index (χ0v) is 15.3. The van der Waals surface area contributed by atoms with Crippen molar-refractivity contribution in [3.63, 3.8) is 0 Å². The molecule has 3 rings (SSSR count). The molecule has 6 nitrogen and oxygen atoms in total. The number of likely N-dealkylation sites (N-methyl/N-ethyl adjacent to an activating group) is 1. The lowest BCUT2D eigenvalue weighted by atomic mass is 10.1. The summed E-state index contributed by atoms with van der Waals surface area (Å²) in [6.45, 7) is 0.659. The van der Waals surface area contributed by atoms with Gasteiger partial charge in [0.05, 0.1) is 17.8 Å². The Morgan fingerprint density at radius 1 is 1.20 bits per heavy atom. The van der Waals surface area contributed by atoms with Crippen LogP contribution in [0.2, 0.25) is 0 Å². The Kier molecular flexibility index (Phi) is 5.35. The Balaban J connectivity index is 1.85. The van der Waals surface area contributed by atoms with Crippen molar-refractivity contribution in [1.29, 1.82) is 0 Å². The summed E-state index contributed by atoms with van der Waals surface area (Å²) in [5, 5.41) is 3.88. The Morgan fingerprint density at radius 2 is 1.96 bits per heavy atom. The Hall–Kier alpha value is -2.38. The number of fused-ring (bicyclic) bond motifs is 1. The summed E-state index contributed by atoms with van der Waals surface area (Å²) in [5.74, 6) is 0.621. The lowest BCUT2D eigenvalue weighted by Crippen LogP contribution is -2.27. The van der Waals surface area contributed by atoms with Crippen LogP contribution in [0.3, 0.4) is 0 Å². The number of hydrogen-bond acceptors (Lipinski definition) is 6. The number of benzene rings is 1. The molecule has 2 aromatic heterocycles. The predicted molar refractivity (Wildman–Crippen MR) is 103 cm³/mol. The van der Waals surface area contributed by atoms with Crippen molar-refractivity contribution in [1.82, 2.24) is 19.9 Å². The molecule has 7 heteroatoms. The minimum Gasteiger partial charge on any atom is -0.366 e. The highest BCUT2D eigenvalue weighted by Crippen LogP contribution is 2.23. The smallest absolute Gasteiger partial charge is 0.258 e. The van der Waals surface area contributed by atoms with Crippen LogP contribution >= 0.6 is 11.8 Å². The first-order valence-electron chi connectivity index (χ1n) is 7.97. The van der Waals surface area contributed by atoms with Crippen molar-refractivity contribution in [3.8, 4) is 0 Å². The highest BCUT2D eigenvalue weighted by atomic mass is 32.2. The molecular formula is C18H21N5OS. The molecule has 1 atom stereocenters. The summed E-state index contributed by atoms with van der Waals surface area (Å²) in [5.41, 5.74) is 1.65. The molecule has 25 heavy (non-hydrogen) atoms. The van der Waals surface area contributed by atoms with Crippen molar-refractivity contribution in [3.05, 3.63) is 58.8 Å². The number of hydrogen-bond donors (Lipinski definition) is 2. The first kappa shape index (κ1) is 17.4. The number of anilines is 1. The minimum atomic E-state index is -0.160. The number of H-pyrrole nitrogens is 1. The lowest BCUT2D eigenvalue weighted by Gasteiger charge is -2.25. The van der Waals surface area contributed by atoms with Crippen molar-refractivity contribution < 1.29 is 0 Å². The summed E-state index contributed by atoms with van der Waals surface area (Å²) < 4.78 is 0. The van der Waals surface area contributed by atoms with Crippen LogP contribution in [0.1, 0.15) is 11.6 Å². The third kappa shape index (κ3) is 3.83. The third-order valence-corrected chi connectivity index (χ3v) is 4.89. The molecule has 0 amide bonds. The minimum absolute atomic E-state index is 0.160. The average Bonchev–Trinajstić information content (AvgIpc) is 2.63. The van der Waals surface area contributed by atoms with E-state index in [-0.39, 0.29) is 11.6 Å². The number of aromatic nitrogens is 3. The molecule has 0 spiro atoms. The molecule has 2 heterocycles. The standard InChI is InChI=1S/C18H21N5OS/c1-23(2)15(12-4-6-13(25-3)7-5-12)10-20-17-16-14(8-9-19-17)18(24)22-11-21-16/h4-9,11,15H,10H2,1-3H3,(H,19,20)(H,21,22,24). The van der Waals surface area contributed by atoms with Crippen molar-refractivity contribution in [2.75, 3.05) is 32.2 Å². The van der Waals surface area contributed by atoms with E-state index in [2.05, 4.69) is 55.7 Å². The van der Waals surface area contributed by atoms with E-state index in [0.29, 0.717) is 23.3 Å². The molecule has 1 unspecified atom stereocenters. The van der Waals surface area contributed by atoms with E-state index in [1.54, 1.807) is 24.0 Å². The van der Waals surface area contributed by atoms with Crippen molar-refractivity contribution in [2.45, 2.75) is 10.9 Å². The van der Waals surface area contributed by atoms with Crippen molar-refractivity contribution in [2.24, 2.45) is 0 Å². The number of rotatable bonds is 6. The van der Waals surface area contributed by atoms with Crippen LogP contribution in [0.4, 0.5) is 5.82 Å². The fourth-order valence-corrected chi connectivity index (χ4v) is 3.16. The first-order chi connectivity index (χ1) is 12.1. The highest BCUT2D eigenvalue weighted by molar-refractivity contribution is 7.98. The molecule has 0 saturated heterocycles. The monoisotopic (exact) mass is 355 g/mol. The Bertz CT molecular complexity index is 907. The maximum atomic E-state index is 11.9. The first-order valence-corrected chi connectivity index (χ1v) is 9.19. The molecular weight excluding hydrogens is 334 g/mol. The van der Waals surface area contributed by atoms with Gasteiger partial charge in [0, 0.05) is 17.6 Å². The van der Waals surface area contributed by atoms with Crippen LogP contribution in [0, 0.1) is 0 Å². The summed E-state index contributed by atoms with van der Waals surface area (Å²) in [6.07, 6.45) is 5.10. The van der Waals surface area contributed by atoms with Gasteiger partial charge in [-0.05, 0) is 44.1 Å². The van der Waals surface area contributed by atoms with Gasteiger partial charge in [-0.15, -0.1) is 11.8 Å². The number of pyridine rings is 1. The Morgan fingerprint density at radius 3 is 2.64 bits per heavy atom. The van der Waals surface area contributed by atoms with Gasteiger partial charge in [-0.2, -0.15) is 0 Å². The topological polar surface area (TPSA) is 73.9 Å². The fourth-order valence-electron chi connectivity index (χ4n) is 2.75. The van der Waals surface area contributed by atoms with Crippen LogP contribution in [0.15, 0.2) is 52.5 Å². The Labute approximate surface area is 150 Å². The van der Waals surface area contributed by atoms with E-state index in [4.69, 9.17) is 0 Å². The van der Waals surface area contributed by atoms with Gasteiger partial charge < -0.3 is 15.2 Å². The quantitative estimate of drug-likeness (QED) is 0.663. The molecule has 0 bridgehead atoms. The largest absolute Gasteiger partial charge is 0.366 e. The average molecular weight is 355 g/mol. The molecule has 1 aromatic carbocycles. The highest BCUT2D eigenvalue weighted by Gasteiger charge is 2.15. The summed E-state index contributed by atoms with van der Waals surface area (Å²) in [4.78, 5) is 26.5. The zero-order valence-electron chi connectivity index (χ0n) is 14.5. The molecule has 130 valence electrons. The molecule has 0 aliphatic carbocycles. The van der Waals surface area contributed by atoms with Crippen molar-refractivity contribution >= 4 is 28.5 Å². The molecule has 3 aromatic rings. The SMILES string of the molecule is CSc1ccc(C(CNc2nccc3c(=O)[nH]cnc23)N(C)C)cc1. The number of nitrogens with one attached hydrogen (secondary N) is 2. The second-order valence-corrected chi connectivity index (χ2v) is 6.80. The van der Waals surface area contributed by atoms with Gasteiger partial charge in [0.1, 0.15) is 5.52 Å². The molecule has 0 saturated carbocycles. The van der Waals surface area contributed by atoms with Crippen LogP contribution < -0.4 is 10.9 Å². The van der Waals surface area contributed by atoms with Gasteiger partial charge in [-0.1, -0.05) is 12.1 Å². The van der Waals surface area contributed by atoms with Gasteiger partial charge in [0.2, 0.25) is 0 Å². The van der Waals surface area contributed by atoms with Gasteiger partial charge in [0.25, 0.3) is 5.56 Å². The number of thioether (sulfide) groups is 1. The van der Waals surface area contributed by atoms with E-state index in [1.807, 2.05) is 14.1 Å². The van der Waals surface area contributed by atoms with Crippen LogP contribution in [-0.2, 0) is 0 Å². The van der Waals surface area contributed by atoms with Gasteiger partial charge in [-0.25, -0.2) is 9.97 Å². The summed E-state index contributed by atoms with van der Waals surface area (Å²) in [6, 6.07) is 10.4. The van der Waals surface area contributed by atoms with E-state index in [9.17, 15) is 4.79 Å². The number of nitrogens with zero attached hydrogens (tertiary/aromatic N) is 3. The zero-order chi connectivity index (χ0) is 17.8. The van der Waals surface area contributed by atoms with Gasteiger partial charge in [-0.3, -0.25) is 4.79 Å². The lowest BCUT2D eigenvalue weighted by molar-refractivity contribution is 0.311. The molecule has 0 aliphatic heterocycles. The predicted octanol–water partition coefficient (Wildman–Crippen LogP) is 2.75. The van der Waals surface area contributed by atoms with Gasteiger partial charge >= 0.3 is 0 Å². The second-order valence-electron chi connectivity index (χ2n) is 5.92. The van der Waals surface area contributed by atoms with Crippen LogP contribution in [-0.4, -0.2) is 46.7 Å². The van der Waals surface area contributed by atoms with E-state index in [1.165, 1.54) is 16.8 Å². The second kappa shape index (κ2) is 7.67. The fraction of sp³-hybridized carbons (Fsp3) is 0.278. The van der Waals surface area contributed by atoms with Gasteiger partial charge in [0.15, 0.2) is 5.82 Å². The maximum Gasteiger partial charge on any atom is 0.258 e. The van der Waals surface area contributed by atoms with E-state index >= 15 is 0 Å². The third-order valence-electron chi connectivity index (χ3n) is 4.14. The molecule has 2 N–H and O–H groups in total. The summed E-state index contributed by atoms with van der Waals surface area (Å²) >= 11 is 1.73. The number of aromatic amines is 1. The van der Waals surface area contributed by atoms with E-state index < -0.39 is 0 Å². The summed E-state index contributed by atoms with van der Waals surface area (Å²) in [7, 11) is 4.10. The normalized spacial score (nSPS) is 12.5. The van der Waals surface area contributed by atoms with Crippen LogP contribution in [0.25, 0.3) is 10.9 Å².